The molecule has 0 saturated heterocycles. The molecule has 0 spiro atoms. The van der Waals surface area contributed by atoms with Gasteiger partial charge in [0.15, 0.2) is 5.72 Å². The van der Waals surface area contributed by atoms with Crippen LogP contribution >= 0.6 is 11.6 Å². The van der Waals surface area contributed by atoms with Gasteiger partial charge in [-0.05, 0) is 24.6 Å². The third-order valence-electron chi connectivity index (χ3n) is 4.01. The molecule has 0 aromatic heterocycles. The summed E-state index contributed by atoms with van der Waals surface area (Å²) in [5.74, 6) is 0. The van der Waals surface area contributed by atoms with Crippen LogP contribution < -0.4 is 0 Å². The minimum atomic E-state index is -1.29. The zero-order valence-corrected chi connectivity index (χ0v) is 13.7. The predicted octanol–water partition coefficient (Wildman–Crippen LogP) is 3.55. The van der Waals surface area contributed by atoms with Crippen LogP contribution in [0.3, 0.4) is 0 Å². The maximum Gasteiger partial charge on any atom is 0.194 e. The summed E-state index contributed by atoms with van der Waals surface area (Å²) < 4.78 is 5.12. The maximum absolute atomic E-state index is 11.6. The van der Waals surface area contributed by atoms with E-state index in [1.165, 1.54) is 0 Å². The molecule has 2 aromatic rings. The molecule has 1 unspecified atom stereocenters. The van der Waals surface area contributed by atoms with Crippen LogP contribution in [0.5, 0.6) is 0 Å². The molecule has 5 heteroatoms. The molecule has 1 aliphatic rings. The number of aliphatic hydroxyl groups is 1. The summed E-state index contributed by atoms with van der Waals surface area (Å²) >= 11 is 6.16. The lowest BCUT2D eigenvalue weighted by Crippen LogP contribution is -2.48. The number of hydrogen-bond donors (Lipinski definition) is 1. The standard InChI is InChI=1S/C18H19ClN2O2/c1-23-11-5-10-21-13-20-17-9-8-15(19)12-16(17)18(21,22)14-6-3-2-4-7-14/h2-4,6-9,12-13,22H,5,10-11H2,1H3. The number of hydrogen-bond acceptors (Lipinski definition) is 4. The van der Waals surface area contributed by atoms with Gasteiger partial charge in [0.25, 0.3) is 0 Å². The third-order valence-corrected chi connectivity index (χ3v) is 4.24. The zero-order chi connectivity index (χ0) is 16.3. The minimum Gasteiger partial charge on any atom is -0.385 e. The lowest BCUT2D eigenvalue weighted by molar-refractivity contribution is -0.0389. The Balaban J connectivity index is 2.08. The van der Waals surface area contributed by atoms with Gasteiger partial charge in [0, 0.05) is 36.4 Å². The summed E-state index contributed by atoms with van der Waals surface area (Å²) in [5.41, 5.74) is 0.906. The van der Waals surface area contributed by atoms with Crippen molar-refractivity contribution in [3.63, 3.8) is 0 Å². The Kier molecular flexibility index (Phi) is 4.66. The smallest absolute Gasteiger partial charge is 0.194 e. The van der Waals surface area contributed by atoms with Gasteiger partial charge in [0.1, 0.15) is 0 Å². The van der Waals surface area contributed by atoms with E-state index in [-0.39, 0.29) is 0 Å². The van der Waals surface area contributed by atoms with Gasteiger partial charge in [0.05, 0.1) is 12.0 Å². The molecule has 120 valence electrons. The van der Waals surface area contributed by atoms with Gasteiger partial charge < -0.3 is 14.7 Å². The molecule has 1 N–H and O–H groups in total. The molecule has 0 bridgehead atoms. The SMILES string of the molecule is COCCCN1C=Nc2ccc(Cl)cc2C1(O)c1ccccc1. The van der Waals surface area contributed by atoms with E-state index in [0.717, 1.165) is 17.7 Å². The summed E-state index contributed by atoms with van der Waals surface area (Å²) in [6.07, 6.45) is 2.48. The van der Waals surface area contributed by atoms with Gasteiger partial charge in [0.2, 0.25) is 0 Å². The molecule has 0 aliphatic carbocycles. The van der Waals surface area contributed by atoms with Gasteiger partial charge >= 0.3 is 0 Å². The van der Waals surface area contributed by atoms with Crippen LogP contribution in [0.4, 0.5) is 5.69 Å². The molecule has 23 heavy (non-hydrogen) atoms. The number of ether oxygens (including phenoxy) is 1. The Morgan fingerprint density at radius 2 is 2.00 bits per heavy atom. The molecular weight excluding hydrogens is 312 g/mol. The monoisotopic (exact) mass is 330 g/mol. The highest BCUT2D eigenvalue weighted by Crippen LogP contribution is 2.42. The summed E-state index contributed by atoms with van der Waals surface area (Å²) in [6, 6.07) is 15.0. The fourth-order valence-electron chi connectivity index (χ4n) is 2.86. The molecule has 3 rings (SSSR count). The van der Waals surface area contributed by atoms with E-state index in [1.54, 1.807) is 25.6 Å². The van der Waals surface area contributed by atoms with Gasteiger partial charge in [-0.2, -0.15) is 0 Å². The van der Waals surface area contributed by atoms with E-state index in [2.05, 4.69) is 4.99 Å². The second-order valence-corrected chi connectivity index (χ2v) is 5.92. The Bertz CT molecular complexity index is 705. The van der Waals surface area contributed by atoms with Crippen LogP contribution in [-0.4, -0.2) is 36.6 Å². The molecule has 0 radical (unpaired) electrons. The van der Waals surface area contributed by atoms with Crippen LogP contribution in [0, 0.1) is 0 Å². The lowest BCUT2D eigenvalue weighted by Gasteiger charge is -2.42. The number of methoxy groups -OCH3 is 1. The third kappa shape index (κ3) is 2.98. The Morgan fingerprint density at radius 3 is 2.74 bits per heavy atom. The normalized spacial score (nSPS) is 19.7. The van der Waals surface area contributed by atoms with Crippen molar-refractivity contribution >= 4 is 23.6 Å². The average Bonchev–Trinajstić information content (AvgIpc) is 2.58. The Hall–Kier alpha value is -1.88. The molecule has 1 atom stereocenters. The molecule has 0 saturated carbocycles. The van der Waals surface area contributed by atoms with E-state index in [9.17, 15) is 5.11 Å². The van der Waals surface area contributed by atoms with Crippen LogP contribution in [0.15, 0.2) is 53.5 Å². The highest BCUT2D eigenvalue weighted by atomic mass is 35.5. The second-order valence-electron chi connectivity index (χ2n) is 5.48. The minimum absolute atomic E-state index is 0.576. The topological polar surface area (TPSA) is 45.1 Å². The molecular formula is C18H19ClN2O2. The number of rotatable bonds is 5. The van der Waals surface area contributed by atoms with Crippen LogP contribution in [-0.2, 0) is 10.5 Å². The van der Waals surface area contributed by atoms with Crippen molar-refractivity contribution in [3.8, 4) is 0 Å². The number of benzene rings is 2. The fraction of sp³-hybridized carbons (Fsp3) is 0.278. The van der Waals surface area contributed by atoms with E-state index in [0.29, 0.717) is 23.7 Å². The summed E-state index contributed by atoms with van der Waals surface area (Å²) in [7, 11) is 1.67. The molecule has 0 fully saturated rings. The molecule has 0 amide bonds. The van der Waals surface area contributed by atoms with Crippen molar-refractivity contribution < 1.29 is 9.84 Å². The van der Waals surface area contributed by atoms with Crippen molar-refractivity contribution in [2.75, 3.05) is 20.3 Å². The highest BCUT2D eigenvalue weighted by Gasteiger charge is 2.41. The van der Waals surface area contributed by atoms with Gasteiger partial charge in [-0.1, -0.05) is 41.9 Å². The lowest BCUT2D eigenvalue weighted by atomic mass is 9.90. The molecule has 1 heterocycles. The Labute approximate surface area is 141 Å². The second kappa shape index (κ2) is 6.71. The van der Waals surface area contributed by atoms with E-state index < -0.39 is 5.72 Å². The summed E-state index contributed by atoms with van der Waals surface area (Å²) in [4.78, 5) is 6.29. The largest absolute Gasteiger partial charge is 0.385 e. The van der Waals surface area contributed by atoms with Crippen LogP contribution in [0.25, 0.3) is 0 Å². The predicted molar refractivity (Wildman–Crippen MR) is 92.2 cm³/mol. The molecule has 4 nitrogen and oxygen atoms in total. The number of fused-ring (bicyclic) bond motifs is 1. The van der Waals surface area contributed by atoms with E-state index >= 15 is 0 Å². The van der Waals surface area contributed by atoms with Crippen LogP contribution in [0.2, 0.25) is 5.02 Å². The summed E-state index contributed by atoms with van der Waals surface area (Å²) in [6.45, 7) is 1.24. The summed E-state index contributed by atoms with van der Waals surface area (Å²) in [5, 5.41) is 12.2. The number of halogens is 1. The maximum atomic E-state index is 11.6. The van der Waals surface area contributed by atoms with Crippen molar-refractivity contribution in [1.82, 2.24) is 4.90 Å². The van der Waals surface area contributed by atoms with E-state index in [1.807, 2.05) is 41.3 Å². The van der Waals surface area contributed by atoms with Crippen LogP contribution in [0.1, 0.15) is 17.5 Å². The average molecular weight is 331 g/mol. The number of aliphatic imine (C=N–C) groups is 1. The van der Waals surface area contributed by atoms with Gasteiger partial charge in [-0.3, -0.25) is 0 Å². The van der Waals surface area contributed by atoms with Gasteiger partial charge in [-0.15, -0.1) is 0 Å². The Morgan fingerprint density at radius 1 is 1.22 bits per heavy atom. The fourth-order valence-corrected chi connectivity index (χ4v) is 3.03. The first-order chi connectivity index (χ1) is 11.2. The molecule has 2 aromatic carbocycles. The first-order valence-corrected chi connectivity index (χ1v) is 7.92. The molecule has 1 aliphatic heterocycles. The van der Waals surface area contributed by atoms with Crippen molar-refractivity contribution in [1.29, 1.82) is 0 Å². The van der Waals surface area contributed by atoms with Crippen molar-refractivity contribution in [2.24, 2.45) is 4.99 Å². The zero-order valence-electron chi connectivity index (χ0n) is 12.9. The first-order valence-electron chi connectivity index (χ1n) is 7.54. The number of nitrogens with zero attached hydrogens (tertiary/aromatic N) is 2. The van der Waals surface area contributed by atoms with E-state index in [4.69, 9.17) is 16.3 Å². The highest BCUT2D eigenvalue weighted by molar-refractivity contribution is 6.30. The van der Waals surface area contributed by atoms with Crippen molar-refractivity contribution in [2.45, 2.75) is 12.1 Å². The van der Waals surface area contributed by atoms with Gasteiger partial charge in [-0.25, -0.2) is 4.99 Å². The first kappa shape index (κ1) is 16.0. The van der Waals surface area contributed by atoms with Crippen molar-refractivity contribution in [3.05, 3.63) is 64.7 Å². The quantitative estimate of drug-likeness (QED) is 0.853.